The molecule has 0 aromatic rings. The van der Waals surface area contributed by atoms with Gasteiger partial charge < -0.3 is 26.2 Å². The second-order valence-corrected chi connectivity index (χ2v) is 16.4. The van der Waals surface area contributed by atoms with Crippen molar-refractivity contribution in [1.82, 2.24) is 26.2 Å². The third-order valence-corrected chi connectivity index (χ3v) is 9.90. The molecule has 2 fully saturated rings. The van der Waals surface area contributed by atoms with E-state index in [1.54, 1.807) is 20.8 Å². The first-order valence-corrected chi connectivity index (χ1v) is 18.1. The number of Topliss-reactive ketones (excluding diaryl/α,β-unsaturated/α-hetero) is 1. The highest BCUT2D eigenvalue weighted by atomic mass is 32.2. The lowest BCUT2D eigenvalue weighted by Gasteiger charge is -2.40. The average molecular weight is 664 g/mol. The van der Waals surface area contributed by atoms with E-state index in [0.29, 0.717) is 19.3 Å². The second kappa shape index (κ2) is 16.4. The van der Waals surface area contributed by atoms with Gasteiger partial charge in [0.2, 0.25) is 17.6 Å². The summed E-state index contributed by atoms with van der Waals surface area (Å²) in [5.74, 6) is -0.467. The van der Waals surface area contributed by atoms with E-state index in [2.05, 4.69) is 33.8 Å². The van der Waals surface area contributed by atoms with Gasteiger partial charge >= 0.3 is 6.03 Å². The van der Waals surface area contributed by atoms with Crippen molar-refractivity contribution in [3.05, 3.63) is 12.7 Å². The molecule has 12 nitrogen and oxygen atoms in total. The van der Waals surface area contributed by atoms with Crippen LogP contribution in [0.3, 0.4) is 0 Å². The van der Waals surface area contributed by atoms with Crippen LogP contribution in [0.5, 0.6) is 0 Å². The molecule has 4 N–H and O–H groups in total. The summed E-state index contributed by atoms with van der Waals surface area (Å²) in [6.45, 7) is 13.2. The Balaban J connectivity index is 2.34. The number of likely N-dealkylation sites (tertiary alicyclic amines) is 1. The maximum atomic E-state index is 14.3. The molecule has 1 saturated heterocycles. The lowest BCUT2D eigenvalue weighted by molar-refractivity contribution is -0.143. The molecule has 0 aromatic heterocycles. The van der Waals surface area contributed by atoms with Crippen LogP contribution >= 0.6 is 0 Å². The minimum Gasteiger partial charge on any atom is -0.346 e. The molecular weight excluding hydrogens is 610 g/mol. The Morgan fingerprint density at radius 3 is 2.24 bits per heavy atom. The van der Waals surface area contributed by atoms with E-state index in [1.807, 2.05) is 13.8 Å². The summed E-state index contributed by atoms with van der Waals surface area (Å²) in [5, 5.41) is 10.8. The molecule has 1 aliphatic carbocycles. The van der Waals surface area contributed by atoms with Crippen molar-refractivity contribution in [3.8, 4) is 12.3 Å². The Morgan fingerprint density at radius 1 is 1.09 bits per heavy atom. The van der Waals surface area contributed by atoms with Crippen LogP contribution in [0.2, 0.25) is 0 Å². The van der Waals surface area contributed by atoms with Crippen LogP contribution in [0.1, 0.15) is 86.0 Å². The van der Waals surface area contributed by atoms with Crippen molar-refractivity contribution in [2.75, 3.05) is 25.1 Å². The molecule has 5 amide bonds. The van der Waals surface area contributed by atoms with Gasteiger partial charge in [0.1, 0.15) is 21.9 Å². The first-order valence-electron chi connectivity index (χ1n) is 16.1. The maximum Gasteiger partial charge on any atom is 0.315 e. The molecule has 4 unspecified atom stereocenters. The minimum atomic E-state index is -3.40. The Morgan fingerprint density at radius 2 is 1.72 bits per heavy atom. The van der Waals surface area contributed by atoms with Crippen molar-refractivity contribution in [2.45, 2.75) is 110 Å². The summed E-state index contributed by atoms with van der Waals surface area (Å²) < 4.78 is 24.5. The van der Waals surface area contributed by atoms with E-state index < -0.39 is 68.5 Å². The lowest BCUT2D eigenvalue weighted by Crippen LogP contribution is -2.63. The quantitative estimate of drug-likeness (QED) is 0.125. The van der Waals surface area contributed by atoms with Gasteiger partial charge in [0, 0.05) is 25.8 Å². The summed E-state index contributed by atoms with van der Waals surface area (Å²) in [4.78, 5) is 68.3. The fraction of sp³-hybridized carbons (Fsp3) is 0.727. The summed E-state index contributed by atoms with van der Waals surface area (Å²) in [7, 11) is -3.40. The third-order valence-electron chi connectivity index (χ3n) is 8.82. The van der Waals surface area contributed by atoms with E-state index in [0.717, 1.165) is 25.5 Å². The van der Waals surface area contributed by atoms with E-state index in [9.17, 15) is 32.4 Å². The molecule has 13 heteroatoms. The van der Waals surface area contributed by atoms with Crippen molar-refractivity contribution >= 4 is 39.4 Å². The third kappa shape index (κ3) is 11.1. The number of rotatable bonds is 14. The highest BCUT2D eigenvalue weighted by molar-refractivity contribution is 7.90. The SMILES string of the molecule is C#CCCC(NC(=O)C1CC(C(C)C)CN1C(=O)C(NC(=O)NC1(CS(C)(=O)=O)CCCCC1)C(C)(C)C)C(=O)C(=O)NCC=C. The summed E-state index contributed by atoms with van der Waals surface area (Å²) >= 11 is 0. The maximum absolute atomic E-state index is 14.3. The summed E-state index contributed by atoms with van der Waals surface area (Å²) in [6, 6.07) is -3.85. The summed E-state index contributed by atoms with van der Waals surface area (Å²) in [6.07, 6.45) is 12.0. The van der Waals surface area contributed by atoms with Crippen LogP contribution in [0.4, 0.5) is 4.79 Å². The number of sulfone groups is 1. The van der Waals surface area contributed by atoms with Crippen LogP contribution in [0, 0.1) is 29.6 Å². The van der Waals surface area contributed by atoms with E-state index >= 15 is 0 Å². The van der Waals surface area contributed by atoms with Gasteiger partial charge in [-0.05, 0) is 42.9 Å². The first kappa shape index (κ1) is 38.8. The molecule has 0 bridgehead atoms. The van der Waals surface area contributed by atoms with E-state index in [-0.39, 0.29) is 43.5 Å². The van der Waals surface area contributed by atoms with Crippen molar-refractivity contribution < 1.29 is 32.4 Å². The number of nitrogens with zero attached hydrogens (tertiary/aromatic N) is 1. The Labute approximate surface area is 274 Å². The van der Waals surface area contributed by atoms with Gasteiger partial charge in [0.05, 0.1) is 17.3 Å². The fourth-order valence-electron chi connectivity index (χ4n) is 6.28. The van der Waals surface area contributed by atoms with Crippen LogP contribution in [-0.4, -0.2) is 91.6 Å². The fourth-order valence-corrected chi connectivity index (χ4v) is 7.64. The smallest absolute Gasteiger partial charge is 0.315 e. The zero-order valence-corrected chi connectivity index (χ0v) is 29.1. The second-order valence-electron chi connectivity index (χ2n) is 14.2. The Bertz CT molecular complexity index is 1290. The largest absolute Gasteiger partial charge is 0.346 e. The van der Waals surface area contributed by atoms with Crippen LogP contribution in [0.25, 0.3) is 0 Å². The van der Waals surface area contributed by atoms with Crippen molar-refractivity contribution in [1.29, 1.82) is 0 Å². The molecular formula is C33H53N5O7S. The topological polar surface area (TPSA) is 171 Å². The minimum absolute atomic E-state index is 0.0369. The van der Waals surface area contributed by atoms with E-state index in [4.69, 9.17) is 6.42 Å². The van der Waals surface area contributed by atoms with Crippen LogP contribution < -0.4 is 21.3 Å². The number of terminal acetylenes is 1. The molecule has 0 radical (unpaired) electrons. The molecule has 0 spiro atoms. The number of carbonyl (C=O) groups is 5. The number of urea groups is 1. The van der Waals surface area contributed by atoms with Crippen LogP contribution in [-0.2, 0) is 29.0 Å². The molecule has 1 aliphatic heterocycles. The number of hydrogen-bond donors (Lipinski definition) is 4. The Kier molecular flexibility index (Phi) is 13.9. The van der Waals surface area contributed by atoms with Crippen LogP contribution in [0.15, 0.2) is 12.7 Å². The number of carbonyl (C=O) groups excluding carboxylic acids is 5. The number of nitrogens with one attached hydrogen (secondary N) is 4. The van der Waals surface area contributed by atoms with E-state index in [1.165, 1.54) is 11.0 Å². The normalized spacial score (nSPS) is 21.0. The first-order chi connectivity index (χ1) is 21.3. The molecule has 1 heterocycles. The summed E-state index contributed by atoms with van der Waals surface area (Å²) in [5.41, 5.74) is -1.71. The predicted molar refractivity (Wildman–Crippen MR) is 177 cm³/mol. The molecule has 258 valence electrons. The molecule has 2 aliphatic rings. The highest BCUT2D eigenvalue weighted by Gasteiger charge is 2.47. The van der Waals surface area contributed by atoms with Gasteiger partial charge in [-0.2, -0.15) is 0 Å². The van der Waals surface area contributed by atoms with Crippen molar-refractivity contribution in [3.63, 3.8) is 0 Å². The molecule has 2 rings (SSSR count). The predicted octanol–water partition coefficient (Wildman–Crippen LogP) is 2.09. The van der Waals surface area contributed by atoms with Gasteiger partial charge in [0.25, 0.3) is 5.91 Å². The zero-order chi connectivity index (χ0) is 34.9. The van der Waals surface area contributed by atoms with Gasteiger partial charge in [-0.15, -0.1) is 18.9 Å². The molecule has 0 aromatic carbocycles. The zero-order valence-electron chi connectivity index (χ0n) is 28.2. The highest BCUT2D eigenvalue weighted by Crippen LogP contribution is 2.33. The lowest BCUT2D eigenvalue weighted by atomic mass is 9.83. The van der Waals surface area contributed by atoms with Gasteiger partial charge in [-0.3, -0.25) is 19.2 Å². The van der Waals surface area contributed by atoms with Crippen molar-refractivity contribution in [2.24, 2.45) is 17.3 Å². The Hall–Kier alpha value is -3.40. The standard InChI is InChI=1S/C33H53N5O7S/c1-9-11-15-24(26(39)29(41)34-18-10-2)35-28(40)25-19-23(22(3)4)20-38(25)30(42)27(32(5,6)7)36-31(43)37-33(21-46(8,44)45)16-13-12-14-17-33/h1,10,22-25,27H,2,11-21H2,3-8H3,(H,34,41)(H,35,40)(H2,36,37,43). The molecule has 46 heavy (non-hydrogen) atoms. The average Bonchev–Trinajstić information content (AvgIpc) is 3.41. The number of ketones is 1. The van der Waals surface area contributed by atoms with Gasteiger partial charge in [0.15, 0.2) is 0 Å². The number of amides is 5. The monoisotopic (exact) mass is 663 g/mol. The molecule has 4 atom stereocenters. The van der Waals surface area contributed by atoms with Gasteiger partial charge in [-0.25, -0.2) is 13.2 Å². The molecule has 1 saturated carbocycles. The van der Waals surface area contributed by atoms with Gasteiger partial charge in [-0.1, -0.05) is 60.0 Å². The number of hydrogen-bond acceptors (Lipinski definition) is 7.